The van der Waals surface area contributed by atoms with E-state index >= 15 is 0 Å². The summed E-state index contributed by atoms with van der Waals surface area (Å²) in [7, 11) is 0. The molecule has 5 heteroatoms. The minimum absolute atomic E-state index is 0.179. The average Bonchev–Trinajstić information content (AvgIpc) is 2.64. The van der Waals surface area contributed by atoms with Gasteiger partial charge in [0.2, 0.25) is 5.70 Å². The van der Waals surface area contributed by atoms with E-state index in [1.807, 2.05) is 48.5 Å². The Morgan fingerprint density at radius 3 is 2.12 bits per heavy atom. The third kappa shape index (κ3) is 4.24. The summed E-state index contributed by atoms with van der Waals surface area (Å²) in [4.78, 5) is 0.349. The molecule has 0 amide bonds. The highest BCUT2D eigenvalue weighted by molar-refractivity contribution is 7.81. The Balaban J connectivity index is 2.05. The highest BCUT2D eigenvalue weighted by Gasteiger charge is 2.18. The van der Waals surface area contributed by atoms with Gasteiger partial charge in [-0.05, 0) is 35.6 Å². The zero-order chi connectivity index (χ0) is 17.6. The molecule has 3 nitrogen and oxygen atoms in total. The number of aromatic nitrogens is 1. The molecular formula is C20H15ClN2OS. The van der Waals surface area contributed by atoms with Crippen molar-refractivity contribution in [2.24, 2.45) is 0 Å². The van der Waals surface area contributed by atoms with Crippen LogP contribution in [0.4, 0.5) is 5.69 Å². The molecule has 0 atom stereocenters. The van der Waals surface area contributed by atoms with Gasteiger partial charge in [0, 0.05) is 22.8 Å². The van der Waals surface area contributed by atoms with E-state index in [2.05, 4.69) is 5.32 Å². The van der Waals surface area contributed by atoms with E-state index in [9.17, 15) is 5.11 Å². The van der Waals surface area contributed by atoms with Gasteiger partial charge in [0.15, 0.2) is 17.4 Å². The molecule has 3 rings (SSSR count). The minimum Gasteiger partial charge on any atom is -0.867 e. The monoisotopic (exact) mass is 366 g/mol. The molecule has 25 heavy (non-hydrogen) atoms. The van der Waals surface area contributed by atoms with Gasteiger partial charge in [-0.25, -0.2) is 0 Å². The van der Waals surface area contributed by atoms with Crippen LogP contribution in [-0.4, -0.2) is 4.99 Å². The number of nitrogens with zero attached hydrogens (tertiary/aromatic N) is 1. The maximum atomic E-state index is 13.1. The molecule has 0 aliphatic rings. The number of thiocarbonyl (C=S) groups is 1. The highest BCUT2D eigenvalue weighted by atomic mass is 35.5. The van der Waals surface area contributed by atoms with Crippen molar-refractivity contribution < 1.29 is 9.67 Å². The Labute approximate surface area is 156 Å². The fourth-order valence-electron chi connectivity index (χ4n) is 2.34. The summed E-state index contributed by atoms with van der Waals surface area (Å²) in [6.07, 6.45) is 3.59. The van der Waals surface area contributed by atoms with Crippen LogP contribution in [0.5, 0.6) is 0 Å². The zero-order valence-corrected chi connectivity index (χ0v) is 14.8. The van der Waals surface area contributed by atoms with Gasteiger partial charge in [-0.1, -0.05) is 60.2 Å². The number of halogens is 1. The summed E-state index contributed by atoms with van der Waals surface area (Å²) < 4.78 is 1.72. The number of para-hydroxylation sites is 1. The molecule has 1 aromatic heterocycles. The van der Waals surface area contributed by atoms with Crippen molar-refractivity contribution in [1.82, 2.24) is 0 Å². The van der Waals surface area contributed by atoms with Crippen LogP contribution in [0.1, 0.15) is 5.56 Å². The van der Waals surface area contributed by atoms with Crippen LogP contribution < -0.4 is 15.0 Å². The van der Waals surface area contributed by atoms with E-state index < -0.39 is 0 Å². The first-order chi connectivity index (χ1) is 12.1. The van der Waals surface area contributed by atoms with Gasteiger partial charge in [-0.2, -0.15) is 4.57 Å². The SMILES string of the molecule is [O-]C(=C(C(=S)Nc1ccccc1)[n+]1ccccc1)c1ccc(Cl)cc1. The van der Waals surface area contributed by atoms with Gasteiger partial charge in [0.25, 0.3) is 0 Å². The molecule has 0 saturated carbocycles. The molecule has 0 aliphatic heterocycles. The average molecular weight is 367 g/mol. The molecule has 124 valence electrons. The molecular weight excluding hydrogens is 352 g/mol. The third-order valence-electron chi connectivity index (χ3n) is 3.54. The standard InChI is InChI=1S/C20H15ClN2OS/c21-16-11-9-15(10-12-16)19(24)18(23-13-5-2-6-14-23)20(25)22-17-7-3-1-4-8-17/h1-14H,(H-,22,24,25). The van der Waals surface area contributed by atoms with E-state index in [0.29, 0.717) is 21.3 Å². The van der Waals surface area contributed by atoms with E-state index in [-0.39, 0.29) is 5.76 Å². The maximum Gasteiger partial charge on any atom is 0.238 e. The molecule has 1 N–H and O–H groups in total. The fraction of sp³-hybridized carbons (Fsp3) is 0. The van der Waals surface area contributed by atoms with Crippen molar-refractivity contribution >= 4 is 46.0 Å². The van der Waals surface area contributed by atoms with Crippen LogP contribution in [0.3, 0.4) is 0 Å². The number of anilines is 1. The highest BCUT2D eigenvalue weighted by Crippen LogP contribution is 2.19. The third-order valence-corrected chi connectivity index (χ3v) is 4.09. The molecule has 0 radical (unpaired) electrons. The summed E-state index contributed by atoms with van der Waals surface area (Å²) in [5, 5.41) is 16.8. The van der Waals surface area contributed by atoms with Crippen LogP contribution in [0.25, 0.3) is 11.5 Å². The number of benzene rings is 2. The predicted molar refractivity (Wildman–Crippen MR) is 104 cm³/mol. The van der Waals surface area contributed by atoms with E-state index in [0.717, 1.165) is 5.69 Å². The van der Waals surface area contributed by atoms with Crippen molar-refractivity contribution in [2.75, 3.05) is 5.32 Å². The largest absolute Gasteiger partial charge is 0.867 e. The first-order valence-corrected chi connectivity index (χ1v) is 8.44. The fourth-order valence-corrected chi connectivity index (χ4v) is 2.78. The number of hydrogen-bond donors (Lipinski definition) is 1. The number of nitrogens with one attached hydrogen (secondary N) is 1. The molecule has 0 fully saturated rings. The molecule has 3 aromatic rings. The lowest BCUT2D eigenvalue weighted by Gasteiger charge is -2.17. The Kier molecular flexibility index (Phi) is 5.43. The summed E-state index contributed by atoms with van der Waals surface area (Å²) >= 11 is 11.4. The molecule has 0 aliphatic carbocycles. The van der Waals surface area contributed by atoms with Gasteiger partial charge >= 0.3 is 0 Å². The second-order valence-electron chi connectivity index (χ2n) is 5.29. The van der Waals surface area contributed by atoms with Crippen molar-refractivity contribution in [2.45, 2.75) is 0 Å². The van der Waals surface area contributed by atoms with E-state index in [1.54, 1.807) is 41.2 Å². The van der Waals surface area contributed by atoms with Gasteiger partial charge in [-0.15, -0.1) is 0 Å². The normalized spacial score (nSPS) is 11.6. The Bertz CT molecular complexity index is 894. The summed E-state index contributed by atoms with van der Waals surface area (Å²) in [5.41, 5.74) is 1.72. The Morgan fingerprint density at radius 1 is 0.880 bits per heavy atom. The van der Waals surface area contributed by atoms with Crippen molar-refractivity contribution in [3.63, 3.8) is 0 Å². The lowest BCUT2D eigenvalue weighted by molar-refractivity contribution is -0.577. The molecule has 0 unspecified atom stereocenters. The van der Waals surface area contributed by atoms with Crippen LogP contribution >= 0.6 is 23.8 Å². The molecule has 2 aromatic carbocycles. The van der Waals surface area contributed by atoms with E-state index in [4.69, 9.17) is 23.8 Å². The molecule has 0 saturated heterocycles. The van der Waals surface area contributed by atoms with Gasteiger partial charge in [0.1, 0.15) is 0 Å². The predicted octanol–water partition coefficient (Wildman–Crippen LogP) is 3.75. The van der Waals surface area contributed by atoms with Gasteiger partial charge in [-0.3, -0.25) is 0 Å². The molecule has 0 spiro atoms. The summed E-state index contributed by atoms with van der Waals surface area (Å²) in [6, 6.07) is 21.9. The second-order valence-corrected chi connectivity index (χ2v) is 6.13. The maximum absolute atomic E-state index is 13.1. The lowest BCUT2D eigenvalue weighted by Crippen LogP contribution is -2.39. The van der Waals surface area contributed by atoms with Gasteiger partial charge in [0.05, 0.1) is 0 Å². The minimum atomic E-state index is -0.179. The van der Waals surface area contributed by atoms with Crippen molar-refractivity contribution in [3.8, 4) is 0 Å². The summed E-state index contributed by atoms with van der Waals surface area (Å²) in [6.45, 7) is 0. The van der Waals surface area contributed by atoms with E-state index in [1.165, 1.54) is 0 Å². The number of pyridine rings is 1. The first-order valence-electron chi connectivity index (χ1n) is 7.65. The Morgan fingerprint density at radius 2 is 1.48 bits per heavy atom. The first kappa shape index (κ1) is 17.1. The topological polar surface area (TPSA) is 39.0 Å². The van der Waals surface area contributed by atoms with Gasteiger partial charge < -0.3 is 10.4 Å². The van der Waals surface area contributed by atoms with Crippen molar-refractivity contribution in [3.05, 3.63) is 95.8 Å². The summed E-state index contributed by atoms with van der Waals surface area (Å²) in [5.74, 6) is -0.179. The number of rotatable bonds is 4. The quantitative estimate of drug-likeness (QED) is 0.331. The zero-order valence-electron chi connectivity index (χ0n) is 13.2. The van der Waals surface area contributed by atoms with Crippen LogP contribution in [0.2, 0.25) is 5.02 Å². The van der Waals surface area contributed by atoms with Crippen molar-refractivity contribution in [1.29, 1.82) is 0 Å². The number of hydrogen-bond acceptors (Lipinski definition) is 2. The molecule has 1 heterocycles. The smallest absolute Gasteiger partial charge is 0.238 e. The van der Waals surface area contributed by atoms with Crippen LogP contribution in [0, 0.1) is 0 Å². The molecule has 0 bridgehead atoms. The van der Waals surface area contributed by atoms with Crippen LogP contribution in [0.15, 0.2) is 85.2 Å². The van der Waals surface area contributed by atoms with Crippen LogP contribution in [-0.2, 0) is 0 Å². The second kappa shape index (κ2) is 7.92. The Hall–Kier alpha value is -2.69. The lowest BCUT2D eigenvalue weighted by atomic mass is 10.1.